The molecule has 1 aromatic carbocycles. The molecule has 5 heteroatoms. The lowest BCUT2D eigenvalue weighted by molar-refractivity contribution is 0.0275. The van der Waals surface area contributed by atoms with Crippen molar-refractivity contribution >= 4 is 6.03 Å². The van der Waals surface area contributed by atoms with Crippen molar-refractivity contribution in [3.05, 3.63) is 35.6 Å². The van der Waals surface area contributed by atoms with E-state index in [9.17, 15) is 9.18 Å². The molecule has 0 heterocycles. The first-order valence-electron chi connectivity index (χ1n) is 8.50. The second-order valence-corrected chi connectivity index (χ2v) is 6.20. The van der Waals surface area contributed by atoms with Gasteiger partial charge in [0.2, 0.25) is 0 Å². The summed E-state index contributed by atoms with van der Waals surface area (Å²) in [6.45, 7) is 1.68. The smallest absolute Gasteiger partial charge is 0.317 e. The van der Waals surface area contributed by atoms with Gasteiger partial charge in [-0.3, -0.25) is 0 Å². The number of benzene rings is 1. The molecule has 128 valence electrons. The van der Waals surface area contributed by atoms with Crippen molar-refractivity contribution in [1.82, 2.24) is 10.2 Å². The zero-order chi connectivity index (χ0) is 16.5. The van der Waals surface area contributed by atoms with Crippen LogP contribution in [0.1, 0.15) is 44.1 Å². The zero-order valence-electron chi connectivity index (χ0n) is 13.9. The lowest BCUT2D eigenvalue weighted by Crippen LogP contribution is -2.37. The van der Waals surface area contributed by atoms with Crippen LogP contribution in [0.5, 0.6) is 0 Å². The number of nitrogens with one attached hydrogen (secondary N) is 1. The van der Waals surface area contributed by atoms with Gasteiger partial charge in [0.05, 0.1) is 6.10 Å². The summed E-state index contributed by atoms with van der Waals surface area (Å²) in [6, 6.07) is 6.16. The highest BCUT2D eigenvalue weighted by molar-refractivity contribution is 5.73. The quantitative estimate of drug-likeness (QED) is 0.778. The van der Waals surface area contributed by atoms with E-state index < -0.39 is 0 Å². The third-order valence-corrected chi connectivity index (χ3v) is 4.16. The zero-order valence-corrected chi connectivity index (χ0v) is 13.9. The van der Waals surface area contributed by atoms with Gasteiger partial charge in [-0.25, -0.2) is 9.18 Å². The van der Waals surface area contributed by atoms with Gasteiger partial charge >= 0.3 is 6.03 Å². The van der Waals surface area contributed by atoms with Gasteiger partial charge in [0, 0.05) is 26.7 Å². The van der Waals surface area contributed by atoms with Crippen LogP contribution in [-0.4, -0.2) is 37.2 Å². The first-order chi connectivity index (χ1) is 11.1. The average Bonchev–Trinajstić information content (AvgIpc) is 2.55. The van der Waals surface area contributed by atoms with E-state index >= 15 is 0 Å². The number of carbonyl (C=O) groups is 1. The molecule has 1 N–H and O–H groups in total. The van der Waals surface area contributed by atoms with Gasteiger partial charge in [0.25, 0.3) is 0 Å². The molecular weight excluding hydrogens is 295 g/mol. The molecule has 1 saturated carbocycles. The second-order valence-electron chi connectivity index (χ2n) is 6.20. The van der Waals surface area contributed by atoms with Crippen molar-refractivity contribution in [2.75, 3.05) is 20.2 Å². The van der Waals surface area contributed by atoms with E-state index in [4.69, 9.17) is 4.74 Å². The van der Waals surface area contributed by atoms with E-state index in [1.807, 2.05) is 6.07 Å². The first kappa shape index (κ1) is 17.7. The Kier molecular flexibility index (Phi) is 7.33. The number of hydrogen-bond acceptors (Lipinski definition) is 2. The normalized spacial score (nSPS) is 15.4. The minimum absolute atomic E-state index is 0.146. The molecular formula is C18H27FN2O2. The van der Waals surface area contributed by atoms with E-state index in [1.165, 1.54) is 44.2 Å². The van der Waals surface area contributed by atoms with Crippen LogP contribution in [0.2, 0.25) is 0 Å². The number of carbonyl (C=O) groups excluding carboxylic acids is 1. The molecule has 1 aliphatic rings. The van der Waals surface area contributed by atoms with Gasteiger partial charge < -0.3 is 15.0 Å². The van der Waals surface area contributed by atoms with Crippen molar-refractivity contribution in [1.29, 1.82) is 0 Å². The van der Waals surface area contributed by atoms with Crippen LogP contribution in [0.15, 0.2) is 24.3 Å². The molecule has 1 fully saturated rings. The van der Waals surface area contributed by atoms with E-state index in [1.54, 1.807) is 18.0 Å². The van der Waals surface area contributed by atoms with Crippen molar-refractivity contribution in [2.45, 2.75) is 51.2 Å². The Hall–Kier alpha value is -1.62. The fourth-order valence-electron chi connectivity index (χ4n) is 2.87. The van der Waals surface area contributed by atoms with Gasteiger partial charge in [-0.2, -0.15) is 0 Å². The molecule has 0 unspecified atom stereocenters. The van der Waals surface area contributed by atoms with Crippen LogP contribution >= 0.6 is 0 Å². The monoisotopic (exact) mass is 322 g/mol. The SMILES string of the molecule is CN(Cc1cccc(F)c1)C(=O)NCCCOC1CCCCC1. The van der Waals surface area contributed by atoms with Crippen LogP contribution in [-0.2, 0) is 11.3 Å². The molecule has 0 saturated heterocycles. The minimum Gasteiger partial charge on any atom is -0.378 e. The molecule has 0 atom stereocenters. The minimum atomic E-state index is -0.281. The number of ether oxygens (including phenoxy) is 1. The lowest BCUT2D eigenvalue weighted by atomic mass is 9.98. The topological polar surface area (TPSA) is 41.6 Å². The Morgan fingerprint density at radius 2 is 2.13 bits per heavy atom. The molecule has 2 amide bonds. The number of halogens is 1. The summed E-state index contributed by atoms with van der Waals surface area (Å²) in [5.74, 6) is -0.281. The predicted octanol–water partition coefficient (Wildman–Crippen LogP) is 3.71. The van der Waals surface area contributed by atoms with Gasteiger partial charge in [0.15, 0.2) is 0 Å². The van der Waals surface area contributed by atoms with E-state index in [0.29, 0.717) is 25.8 Å². The Bertz CT molecular complexity index is 490. The van der Waals surface area contributed by atoms with Crippen molar-refractivity contribution in [3.63, 3.8) is 0 Å². The number of nitrogens with zero attached hydrogens (tertiary/aromatic N) is 1. The maximum absolute atomic E-state index is 13.1. The van der Waals surface area contributed by atoms with Crippen molar-refractivity contribution in [3.8, 4) is 0 Å². The summed E-state index contributed by atoms with van der Waals surface area (Å²) in [4.78, 5) is 13.5. The fraction of sp³-hybridized carbons (Fsp3) is 0.611. The molecule has 0 aromatic heterocycles. The van der Waals surface area contributed by atoms with Crippen LogP contribution in [0.25, 0.3) is 0 Å². The summed E-state index contributed by atoms with van der Waals surface area (Å²) in [6.07, 6.45) is 7.43. The summed E-state index contributed by atoms with van der Waals surface area (Å²) in [5, 5.41) is 2.87. The largest absolute Gasteiger partial charge is 0.378 e. The molecule has 0 aliphatic heterocycles. The molecule has 0 radical (unpaired) electrons. The Labute approximate surface area is 138 Å². The third-order valence-electron chi connectivity index (χ3n) is 4.16. The molecule has 4 nitrogen and oxygen atoms in total. The fourth-order valence-corrected chi connectivity index (χ4v) is 2.87. The highest BCUT2D eigenvalue weighted by Gasteiger charge is 2.13. The molecule has 0 bridgehead atoms. The van der Waals surface area contributed by atoms with Gasteiger partial charge in [-0.1, -0.05) is 31.4 Å². The van der Waals surface area contributed by atoms with Crippen LogP contribution in [0.3, 0.4) is 0 Å². The maximum atomic E-state index is 13.1. The van der Waals surface area contributed by atoms with E-state index in [-0.39, 0.29) is 11.8 Å². The van der Waals surface area contributed by atoms with Crippen LogP contribution < -0.4 is 5.32 Å². The van der Waals surface area contributed by atoms with Gasteiger partial charge in [0.1, 0.15) is 5.82 Å². The Morgan fingerprint density at radius 3 is 2.87 bits per heavy atom. The molecule has 1 aromatic rings. The Balaban J connectivity index is 1.58. The van der Waals surface area contributed by atoms with E-state index in [0.717, 1.165) is 12.0 Å². The van der Waals surface area contributed by atoms with Crippen molar-refractivity contribution < 1.29 is 13.9 Å². The first-order valence-corrected chi connectivity index (χ1v) is 8.50. The van der Waals surface area contributed by atoms with Crippen LogP contribution in [0, 0.1) is 5.82 Å². The summed E-state index contributed by atoms with van der Waals surface area (Å²) < 4.78 is 19.0. The standard InChI is InChI=1S/C18H27FN2O2/c1-21(14-15-7-5-8-16(19)13-15)18(22)20-11-6-12-23-17-9-3-2-4-10-17/h5,7-8,13,17H,2-4,6,9-12,14H2,1H3,(H,20,22). The molecule has 1 aliphatic carbocycles. The molecule has 2 rings (SSSR count). The predicted molar refractivity (Wildman–Crippen MR) is 88.7 cm³/mol. The summed E-state index contributed by atoms with van der Waals surface area (Å²) in [5.41, 5.74) is 0.781. The van der Waals surface area contributed by atoms with Gasteiger partial charge in [-0.05, 0) is 37.0 Å². The second kappa shape index (κ2) is 9.50. The number of rotatable bonds is 7. The maximum Gasteiger partial charge on any atom is 0.317 e. The van der Waals surface area contributed by atoms with Crippen molar-refractivity contribution in [2.24, 2.45) is 0 Å². The third kappa shape index (κ3) is 6.57. The average molecular weight is 322 g/mol. The Morgan fingerprint density at radius 1 is 1.35 bits per heavy atom. The number of hydrogen-bond donors (Lipinski definition) is 1. The highest BCUT2D eigenvalue weighted by Crippen LogP contribution is 2.20. The number of urea groups is 1. The number of amides is 2. The summed E-state index contributed by atoms with van der Waals surface area (Å²) >= 11 is 0. The molecule has 0 spiro atoms. The molecule has 23 heavy (non-hydrogen) atoms. The highest BCUT2D eigenvalue weighted by atomic mass is 19.1. The van der Waals surface area contributed by atoms with Crippen LogP contribution in [0.4, 0.5) is 9.18 Å². The summed E-state index contributed by atoms with van der Waals surface area (Å²) in [7, 11) is 1.71. The van der Waals surface area contributed by atoms with Gasteiger partial charge in [-0.15, -0.1) is 0 Å². The lowest BCUT2D eigenvalue weighted by Gasteiger charge is -2.22. The van der Waals surface area contributed by atoms with E-state index in [2.05, 4.69) is 5.32 Å².